The number of carbonyl (C=O) groups excluding carboxylic acids is 1. The summed E-state index contributed by atoms with van der Waals surface area (Å²) < 4.78 is 1.49. The molecular weight excluding hydrogens is 248 g/mol. The largest absolute Gasteiger partial charge is 0.481 e. The third-order valence-corrected chi connectivity index (χ3v) is 2.97. The van der Waals surface area contributed by atoms with Crippen LogP contribution in [0.15, 0.2) is 0 Å². The Hall–Kier alpha value is -1.92. The molecule has 106 valence electrons. The van der Waals surface area contributed by atoms with E-state index >= 15 is 0 Å². The number of aromatic nitrogens is 3. The molecule has 1 unspecified atom stereocenters. The van der Waals surface area contributed by atoms with Crippen LogP contribution in [0.5, 0.6) is 0 Å². The van der Waals surface area contributed by atoms with E-state index in [1.54, 1.807) is 6.92 Å². The Morgan fingerprint density at radius 2 is 2.16 bits per heavy atom. The van der Waals surface area contributed by atoms with E-state index in [0.29, 0.717) is 12.1 Å². The zero-order valence-corrected chi connectivity index (χ0v) is 11.5. The Kier molecular flexibility index (Phi) is 5.47. The van der Waals surface area contributed by atoms with Crippen molar-refractivity contribution in [1.82, 2.24) is 20.3 Å². The van der Waals surface area contributed by atoms with Crippen molar-refractivity contribution in [3.8, 4) is 0 Å². The zero-order chi connectivity index (χ0) is 14.4. The van der Waals surface area contributed by atoms with Crippen LogP contribution in [0.2, 0.25) is 0 Å². The lowest BCUT2D eigenvalue weighted by atomic mass is 10.2. The summed E-state index contributed by atoms with van der Waals surface area (Å²) in [7, 11) is 0. The molecule has 0 spiro atoms. The molecule has 1 amide bonds. The molecule has 7 nitrogen and oxygen atoms in total. The third-order valence-electron chi connectivity index (χ3n) is 2.97. The number of carboxylic acids is 1. The van der Waals surface area contributed by atoms with Crippen LogP contribution in [-0.2, 0) is 22.6 Å². The van der Waals surface area contributed by atoms with Gasteiger partial charge in [-0.2, -0.15) is 0 Å². The van der Waals surface area contributed by atoms with Gasteiger partial charge < -0.3 is 10.4 Å². The fraction of sp³-hybridized carbons (Fsp3) is 0.667. The van der Waals surface area contributed by atoms with Crippen molar-refractivity contribution in [2.24, 2.45) is 0 Å². The van der Waals surface area contributed by atoms with Gasteiger partial charge in [-0.1, -0.05) is 12.1 Å². The summed E-state index contributed by atoms with van der Waals surface area (Å²) in [5.74, 6) is -0.990. The van der Waals surface area contributed by atoms with Gasteiger partial charge in [0.05, 0.1) is 17.8 Å². The van der Waals surface area contributed by atoms with E-state index in [-0.39, 0.29) is 24.9 Å². The lowest BCUT2D eigenvalue weighted by molar-refractivity contribution is -0.137. The Balaban J connectivity index is 2.60. The molecule has 0 bridgehead atoms. The van der Waals surface area contributed by atoms with Gasteiger partial charge in [0.15, 0.2) is 0 Å². The van der Waals surface area contributed by atoms with Crippen LogP contribution in [0.3, 0.4) is 0 Å². The number of carboxylic acid groups (broad SMARTS) is 1. The van der Waals surface area contributed by atoms with E-state index in [0.717, 1.165) is 12.1 Å². The minimum Gasteiger partial charge on any atom is -0.481 e. The summed E-state index contributed by atoms with van der Waals surface area (Å²) >= 11 is 0. The number of hydrogen-bond donors (Lipinski definition) is 2. The predicted molar refractivity (Wildman–Crippen MR) is 68.6 cm³/mol. The van der Waals surface area contributed by atoms with Gasteiger partial charge >= 0.3 is 5.97 Å². The number of carbonyl (C=O) groups is 2. The number of rotatable bonds is 7. The van der Waals surface area contributed by atoms with Crippen molar-refractivity contribution in [1.29, 1.82) is 0 Å². The van der Waals surface area contributed by atoms with Crippen molar-refractivity contribution >= 4 is 11.9 Å². The quantitative estimate of drug-likeness (QED) is 0.751. The number of hydrogen-bond acceptors (Lipinski definition) is 4. The average Bonchev–Trinajstić information content (AvgIpc) is 2.68. The first-order chi connectivity index (χ1) is 8.93. The van der Waals surface area contributed by atoms with E-state index in [1.165, 1.54) is 4.68 Å². The molecule has 7 heteroatoms. The number of nitrogens with zero attached hydrogens (tertiary/aromatic N) is 3. The summed E-state index contributed by atoms with van der Waals surface area (Å²) in [6, 6.07) is 0.128. The maximum absolute atomic E-state index is 11.7. The van der Waals surface area contributed by atoms with Gasteiger partial charge in [-0.15, -0.1) is 5.10 Å². The minimum atomic E-state index is -0.872. The van der Waals surface area contributed by atoms with Gasteiger partial charge in [0.25, 0.3) is 0 Å². The first-order valence-corrected chi connectivity index (χ1v) is 6.34. The summed E-state index contributed by atoms with van der Waals surface area (Å²) in [5, 5.41) is 19.3. The molecule has 19 heavy (non-hydrogen) atoms. The molecule has 1 heterocycles. The predicted octanol–water partition coefficient (Wildman–Crippen LogP) is 0.518. The summed E-state index contributed by atoms with van der Waals surface area (Å²) in [4.78, 5) is 22.2. The van der Waals surface area contributed by atoms with Crippen molar-refractivity contribution in [2.75, 3.05) is 0 Å². The van der Waals surface area contributed by atoms with Crippen molar-refractivity contribution < 1.29 is 14.7 Å². The fourth-order valence-electron chi connectivity index (χ4n) is 1.56. The molecule has 0 saturated carbocycles. The van der Waals surface area contributed by atoms with Crippen molar-refractivity contribution in [3.05, 3.63) is 11.4 Å². The van der Waals surface area contributed by atoms with Crippen LogP contribution in [-0.4, -0.2) is 38.0 Å². The lowest BCUT2D eigenvalue weighted by Gasteiger charge is -2.11. The minimum absolute atomic E-state index is 0.0125. The van der Waals surface area contributed by atoms with Crippen LogP contribution in [0, 0.1) is 6.92 Å². The average molecular weight is 268 g/mol. The van der Waals surface area contributed by atoms with Gasteiger partial charge in [0.2, 0.25) is 5.91 Å². The first-order valence-electron chi connectivity index (χ1n) is 6.34. The van der Waals surface area contributed by atoms with Crippen molar-refractivity contribution in [2.45, 2.75) is 52.6 Å². The maximum Gasteiger partial charge on any atom is 0.303 e. The molecule has 0 radical (unpaired) electrons. The second-order valence-corrected chi connectivity index (χ2v) is 4.55. The van der Waals surface area contributed by atoms with Crippen LogP contribution in [0.4, 0.5) is 0 Å². The lowest BCUT2D eigenvalue weighted by Crippen LogP contribution is -2.35. The van der Waals surface area contributed by atoms with E-state index in [1.807, 2.05) is 13.8 Å². The second kappa shape index (κ2) is 6.86. The molecule has 0 aliphatic rings. The van der Waals surface area contributed by atoms with E-state index in [9.17, 15) is 9.59 Å². The summed E-state index contributed by atoms with van der Waals surface area (Å²) in [6.07, 6.45) is 1.21. The Bertz CT molecular complexity index is 456. The number of aryl methyl sites for hydroxylation is 1. The molecule has 0 aliphatic heterocycles. The fourth-order valence-corrected chi connectivity index (χ4v) is 1.56. The number of nitrogens with one attached hydrogen (secondary N) is 1. The smallest absolute Gasteiger partial charge is 0.303 e. The molecule has 0 aliphatic carbocycles. The van der Waals surface area contributed by atoms with E-state index in [4.69, 9.17) is 5.11 Å². The highest BCUT2D eigenvalue weighted by Crippen LogP contribution is 2.06. The maximum atomic E-state index is 11.7. The summed E-state index contributed by atoms with van der Waals surface area (Å²) in [6.45, 7) is 5.82. The molecule has 1 aromatic rings. The molecule has 0 aromatic carbocycles. The molecule has 1 aromatic heterocycles. The van der Waals surface area contributed by atoms with Crippen LogP contribution in [0.25, 0.3) is 0 Å². The van der Waals surface area contributed by atoms with Crippen LogP contribution >= 0.6 is 0 Å². The van der Waals surface area contributed by atoms with Gasteiger partial charge in [0.1, 0.15) is 6.54 Å². The molecule has 0 saturated heterocycles. The number of aliphatic carboxylic acids is 1. The van der Waals surface area contributed by atoms with Crippen LogP contribution in [0.1, 0.15) is 38.1 Å². The Labute approximate surface area is 112 Å². The van der Waals surface area contributed by atoms with Crippen LogP contribution < -0.4 is 5.32 Å². The number of amides is 1. The first kappa shape index (κ1) is 15.1. The monoisotopic (exact) mass is 268 g/mol. The van der Waals surface area contributed by atoms with Gasteiger partial charge in [-0.25, -0.2) is 4.68 Å². The topological polar surface area (TPSA) is 97.1 Å². The molecule has 0 fully saturated rings. The Morgan fingerprint density at radius 3 is 2.74 bits per heavy atom. The molecule has 1 rings (SSSR count). The van der Waals surface area contributed by atoms with E-state index in [2.05, 4.69) is 15.6 Å². The molecular formula is C12H20N4O3. The normalized spacial score (nSPS) is 12.2. The highest BCUT2D eigenvalue weighted by atomic mass is 16.4. The Morgan fingerprint density at radius 1 is 1.47 bits per heavy atom. The highest BCUT2D eigenvalue weighted by Gasteiger charge is 2.13. The highest BCUT2D eigenvalue weighted by molar-refractivity contribution is 5.76. The SMILES string of the molecule is CCC(C)NC(=O)Cn1nnc(CCC(=O)O)c1C. The molecule has 1 atom stereocenters. The summed E-state index contributed by atoms with van der Waals surface area (Å²) in [5.41, 5.74) is 1.36. The van der Waals surface area contributed by atoms with E-state index < -0.39 is 5.97 Å². The molecule has 2 N–H and O–H groups in total. The van der Waals surface area contributed by atoms with Gasteiger partial charge in [-0.3, -0.25) is 9.59 Å². The third kappa shape index (κ3) is 4.69. The van der Waals surface area contributed by atoms with Gasteiger partial charge in [-0.05, 0) is 20.3 Å². The van der Waals surface area contributed by atoms with Crippen molar-refractivity contribution in [3.63, 3.8) is 0 Å². The van der Waals surface area contributed by atoms with Gasteiger partial charge in [0, 0.05) is 12.5 Å². The second-order valence-electron chi connectivity index (χ2n) is 4.55. The zero-order valence-electron chi connectivity index (χ0n) is 11.5. The standard InChI is InChI=1S/C12H20N4O3/c1-4-8(2)13-11(17)7-16-9(3)10(14-15-16)5-6-12(18)19/h8H,4-7H2,1-3H3,(H,13,17)(H,18,19).